The van der Waals surface area contributed by atoms with Crippen molar-refractivity contribution in [3.63, 3.8) is 0 Å². The Morgan fingerprint density at radius 2 is 1.96 bits per heavy atom. The second-order valence-corrected chi connectivity index (χ2v) is 7.72. The molecule has 3 unspecified atom stereocenters. The number of morpholine rings is 1. The number of hydrogen-bond donors (Lipinski definition) is 0. The largest absolute Gasteiger partial charge is 0.372 e. The lowest BCUT2D eigenvalue weighted by atomic mass is 10.1. The van der Waals surface area contributed by atoms with Gasteiger partial charge >= 0.3 is 0 Å². The third-order valence-corrected chi connectivity index (χ3v) is 5.82. The molecule has 6 nitrogen and oxygen atoms in total. The summed E-state index contributed by atoms with van der Waals surface area (Å²) < 4.78 is 7.40. The molecule has 2 aliphatic rings. The molecule has 2 aliphatic heterocycles. The summed E-state index contributed by atoms with van der Waals surface area (Å²) in [6.07, 6.45) is 0.777. The van der Waals surface area contributed by atoms with Gasteiger partial charge in [0, 0.05) is 36.6 Å². The second kappa shape index (κ2) is 6.88. The Morgan fingerprint density at radius 3 is 2.58 bits per heavy atom. The van der Waals surface area contributed by atoms with Crippen molar-refractivity contribution in [3.8, 4) is 0 Å². The number of hydrogen-bond acceptors (Lipinski definition) is 5. The number of carbonyl (C=O) groups excluding carboxylic acids is 1. The molecule has 0 radical (unpaired) electrons. The van der Waals surface area contributed by atoms with Gasteiger partial charge in [0.1, 0.15) is 0 Å². The minimum Gasteiger partial charge on any atom is -0.372 e. The van der Waals surface area contributed by atoms with Crippen LogP contribution in [0.1, 0.15) is 32.0 Å². The molecular weight excluding hydrogens is 326 g/mol. The number of ether oxygens (including phenoxy) is 1. The lowest BCUT2D eigenvalue weighted by Gasteiger charge is -2.38. The average molecular weight is 351 g/mol. The van der Waals surface area contributed by atoms with Crippen LogP contribution in [0, 0.1) is 12.8 Å². The van der Waals surface area contributed by atoms with Crippen LogP contribution in [0.15, 0.2) is 9.95 Å². The maximum absolute atomic E-state index is 12.9. The molecule has 0 saturated carbocycles. The fraction of sp³-hybridized carbons (Fsp3) is 0.706. The van der Waals surface area contributed by atoms with E-state index >= 15 is 0 Å². The third-order valence-electron chi connectivity index (χ3n) is 4.68. The predicted octanol–water partition coefficient (Wildman–Crippen LogP) is 1.47. The van der Waals surface area contributed by atoms with E-state index in [-0.39, 0.29) is 29.6 Å². The SMILES string of the molecule is CCc1c(C)nc2n(c1=O)CC(C(=O)N1CC(C)OC(C)C1)CS2. The Morgan fingerprint density at radius 1 is 1.29 bits per heavy atom. The Bertz CT molecular complexity index is 693. The zero-order valence-corrected chi connectivity index (χ0v) is 15.6. The van der Waals surface area contributed by atoms with Crippen LogP contribution in [-0.4, -0.2) is 51.4 Å². The predicted molar refractivity (Wildman–Crippen MR) is 93.4 cm³/mol. The molecule has 1 fully saturated rings. The molecule has 1 amide bonds. The van der Waals surface area contributed by atoms with Crippen molar-refractivity contribution in [3.05, 3.63) is 21.6 Å². The molecule has 3 rings (SSSR count). The van der Waals surface area contributed by atoms with Crippen LogP contribution in [0.4, 0.5) is 0 Å². The smallest absolute Gasteiger partial charge is 0.257 e. The maximum Gasteiger partial charge on any atom is 0.257 e. The van der Waals surface area contributed by atoms with Gasteiger partial charge in [-0.1, -0.05) is 18.7 Å². The van der Waals surface area contributed by atoms with Gasteiger partial charge in [-0.2, -0.15) is 0 Å². The van der Waals surface area contributed by atoms with Crippen LogP contribution in [0.25, 0.3) is 0 Å². The average Bonchev–Trinajstić information content (AvgIpc) is 2.53. The van der Waals surface area contributed by atoms with Gasteiger partial charge in [-0.05, 0) is 27.2 Å². The second-order valence-electron chi connectivity index (χ2n) is 6.74. The molecule has 24 heavy (non-hydrogen) atoms. The number of rotatable bonds is 2. The van der Waals surface area contributed by atoms with Crippen LogP contribution in [0.5, 0.6) is 0 Å². The van der Waals surface area contributed by atoms with Crippen LogP contribution in [-0.2, 0) is 22.5 Å². The van der Waals surface area contributed by atoms with E-state index in [0.29, 0.717) is 31.8 Å². The topological polar surface area (TPSA) is 64.4 Å². The van der Waals surface area contributed by atoms with Crippen molar-refractivity contribution in [2.24, 2.45) is 5.92 Å². The highest BCUT2D eigenvalue weighted by atomic mass is 32.2. The number of aromatic nitrogens is 2. The van der Waals surface area contributed by atoms with Crippen molar-refractivity contribution in [2.45, 2.75) is 58.0 Å². The van der Waals surface area contributed by atoms with E-state index in [1.165, 1.54) is 11.8 Å². The molecule has 0 N–H and O–H groups in total. The highest BCUT2D eigenvalue weighted by Crippen LogP contribution is 2.27. The zero-order chi connectivity index (χ0) is 17.4. The molecule has 3 atom stereocenters. The Kier molecular flexibility index (Phi) is 5.01. The fourth-order valence-corrected chi connectivity index (χ4v) is 4.68. The molecule has 1 aromatic heterocycles. The summed E-state index contributed by atoms with van der Waals surface area (Å²) >= 11 is 1.51. The van der Waals surface area contributed by atoms with Crippen molar-refractivity contribution in [2.75, 3.05) is 18.8 Å². The van der Waals surface area contributed by atoms with E-state index in [4.69, 9.17) is 4.74 Å². The molecule has 0 spiro atoms. The maximum atomic E-state index is 12.9. The minimum atomic E-state index is -0.174. The first kappa shape index (κ1) is 17.5. The van der Waals surface area contributed by atoms with Gasteiger partial charge in [-0.15, -0.1) is 0 Å². The Labute approximate surface area is 146 Å². The number of thioether (sulfide) groups is 1. The summed E-state index contributed by atoms with van der Waals surface area (Å²) in [5, 5.41) is 0.738. The lowest BCUT2D eigenvalue weighted by molar-refractivity contribution is -0.147. The van der Waals surface area contributed by atoms with E-state index < -0.39 is 0 Å². The van der Waals surface area contributed by atoms with Crippen LogP contribution in [0.2, 0.25) is 0 Å². The van der Waals surface area contributed by atoms with E-state index in [2.05, 4.69) is 4.98 Å². The first-order valence-electron chi connectivity index (χ1n) is 8.58. The number of aryl methyl sites for hydroxylation is 1. The van der Waals surface area contributed by atoms with E-state index in [0.717, 1.165) is 16.4 Å². The number of fused-ring (bicyclic) bond motifs is 1. The van der Waals surface area contributed by atoms with Gasteiger partial charge in [-0.3, -0.25) is 14.2 Å². The fourth-order valence-electron chi connectivity index (χ4n) is 3.57. The van der Waals surface area contributed by atoms with Crippen molar-refractivity contribution in [1.82, 2.24) is 14.5 Å². The molecule has 132 valence electrons. The lowest BCUT2D eigenvalue weighted by Crippen LogP contribution is -2.51. The summed E-state index contributed by atoms with van der Waals surface area (Å²) in [4.78, 5) is 32.0. The van der Waals surface area contributed by atoms with Gasteiger partial charge in [0.05, 0.1) is 18.1 Å². The normalized spacial score (nSPS) is 27.0. The Hall–Kier alpha value is -1.34. The summed E-state index contributed by atoms with van der Waals surface area (Å²) in [5.41, 5.74) is 1.57. The molecule has 1 aromatic rings. The quantitative estimate of drug-likeness (QED) is 0.755. The summed E-state index contributed by atoms with van der Waals surface area (Å²) in [6.45, 7) is 9.51. The number of carbonyl (C=O) groups is 1. The van der Waals surface area contributed by atoms with Gasteiger partial charge in [0.2, 0.25) is 5.91 Å². The van der Waals surface area contributed by atoms with Gasteiger partial charge in [0.15, 0.2) is 5.16 Å². The summed E-state index contributed by atoms with van der Waals surface area (Å²) in [7, 11) is 0. The Balaban J connectivity index is 1.82. The van der Waals surface area contributed by atoms with Crippen LogP contribution in [0.3, 0.4) is 0 Å². The molecule has 0 aromatic carbocycles. The number of nitrogens with zero attached hydrogens (tertiary/aromatic N) is 3. The van der Waals surface area contributed by atoms with Crippen molar-refractivity contribution in [1.29, 1.82) is 0 Å². The number of amides is 1. The molecular formula is C17H25N3O3S. The first-order chi connectivity index (χ1) is 11.4. The molecule has 0 bridgehead atoms. The molecule has 0 aliphatic carbocycles. The highest BCUT2D eigenvalue weighted by molar-refractivity contribution is 7.99. The summed E-state index contributed by atoms with van der Waals surface area (Å²) in [6, 6.07) is 0. The first-order valence-corrected chi connectivity index (χ1v) is 9.56. The van der Waals surface area contributed by atoms with E-state index in [9.17, 15) is 9.59 Å². The van der Waals surface area contributed by atoms with Gasteiger partial charge in [-0.25, -0.2) is 4.98 Å². The highest BCUT2D eigenvalue weighted by Gasteiger charge is 2.34. The standard InChI is InChI=1S/C17H25N3O3S/c1-5-14-12(4)18-17-20(16(14)22)8-13(9-24-17)15(21)19-6-10(2)23-11(3)7-19/h10-11,13H,5-9H2,1-4H3. The molecule has 7 heteroatoms. The van der Waals surface area contributed by atoms with Crippen molar-refractivity contribution >= 4 is 17.7 Å². The third kappa shape index (κ3) is 3.24. The van der Waals surface area contributed by atoms with E-state index in [1.807, 2.05) is 32.6 Å². The van der Waals surface area contributed by atoms with Crippen molar-refractivity contribution < 1.29 is 9.53 Å². The monoisotopic (exact) mass is 351 g/mol. The van der Waals surface area contributed by atoms with Gasteiger partial charge < -0.3 is 9.64 Å². The van der Waals surface area contributed by atoms with E-state index in [1.54, 1.807) is 4.57 Å². The minimum absolute atomic E-state index is 0.00807. The van der Waals surface area contributed by atoms with Gasteiger partial charge in [0.25, 0.3) is 5.56 Å². The van der Waals surface area contributed by atoms with Crippen LogP contribution >= 0.6 is 11.8 Å². The molecule has 3 heterocycles. The summed E-state index contributed by atoms with van der Waals surface area (Å²) in [5.74, 6) is 0.628. The van der Waals surface area contributed by atoms with Crippen LogP contribution < -0.4 is 5.56 Å². The zero-order valence-electron chi connectivity index (χ0n) is 14.7. The molecule has 1 saturated heterocycles.